The van der Waals surface area contributed by atoms with Gasteiger partial charge in [-0.3, -0.25) is 4.79 Å². The summed E-state index contributed by atoms with van der Waals surface area (Å²) in [6, 6.07) is 4.85. The second-order valence-corrected chi connectivity index (χ2v) is 3.08. The van der Waals surface area contributed by atoms with E-state index in [2.05, 4.69) is 0 Å². The number of ketones is 1. The molecule has 0 amide bonds. The molecule has 4 N–H and O–H groups in total. The van der Waals surface area contributed by atoms with Crippen molar-refractivity contribution in [3.05, 3.63) is 23.8 Å². The lowest BCUT2D eigenvalue weighted by atomic mass is 10.1. The van der Waals surface area contributed by atoms with Crippen LogP contribution in [0.2, 0.25) is 0 Å². The highest BCUT2D eigenvalue weighted by molar-refractivity contribution is 6.19. The summed E-state index contributed by atoms with van der Waals surface area (Å²) in [5, 5.41) is 0. The molecule has 0 aliphatic carbocycles. The van der Waals surface area contributed by atoms with E-state index in [0.717, 1.165) is 0 Å². The maximum Gasteiger partial charge on any atom is 0.164 e. The van der Waals surface area contributed by atoms with E-state index in [9.17, 15) is 4.79 Å². The van der Waals surface area contributed by atoms with E-state index in [1.807, 2.05) is 0 Å². The zero-order valence-corrected chi connectivity index (χ0v) is 7.84. The van der Waals surface area contributed by atoms with E-state index in [-0.39, 0.29) is 5.78 Å². The fourth-order valence-electron chi connectivity index (χ4n) is 0.978. The van der Waals surface area contributed by atoms with Gasteiger partial charge in [0, 0.05) is 17.9 Å². The normalized spacial score (nSPS) is 9.92. The van der Waals surface area contributed by atoms with Crippen LogP contribution >= 0.6 is 11.6 Å². The van der Waals surface area contributed by atoms with Crippen molar-refractivity contribution in [1.82, 2.24) is 0 Å². The molecule has 0 atom stereocenters. The van der Waals surface area contributed by atoms with Gasteiger partial charge in [0.25, 0.3) is 0 Å². The van der Waals surface area contributed by atoms with Crippen LogP contribution in [0.15, 0.2) is 18.2 Å². The Bertz CT molecular complexity index is 325. The van der Waals surface area contributed by atoms with Crippen LogP contribution in [0.3, 0.4) is 0 Å². The summed E-state index contributed by atoms with van der Waals surface area (Å²) in [5.74, 6) is 0.310. The number of carbonyl (C=O) groups excluding carboxylic acids is 1. The summed E-state index contributed by atoms with van der Waals surface area (Å²) < 4.78 is 0. The van der Waals surface area contributed by atoms with Gasteiger partial charge in [-0.15, -0.1) is 11.6 Å². The summed E-state index contributed by atoms with van der Waals surface area (Å²) in [7, 11) is 0. The largest absolute Gasteiger partial charge is 0.397 e. The first-order chi connectivity index (χ1) is 6.15. The Morgan fingerprint density at radius 2 is 2.00 bits per heavy atom. The molecule has 0 fully saturated rings. The minimum absolute atomic E-state index is 0.0123. The van der Waals surface area contributed by atoms with Crippen LogP contribution in [0, 0.1) is 0 Å². The Balaban J connectivity index is 2.90. The zero-order valence-electron chi connectivity index (χ0n) is 7.09. The molecule has 0 bridgehead atoms. The number of nitrogens with two attached hydrogens (primary N) is 2. The number of anilines is 2. The highest BCUT2D eigenvalue weighted by Crippen LogP contribution is 2.17. The molecule has 4 heteroatoms. The van der Waals surface area contributed by atoms with Crippen molar-refractivity contribution in [2.45, 2.75) is 6.42 Å². The number of benzene rings is 1. The first-order valence-electron chi connectivity index (χ1n) is 3.89. The highest BCUT2D eigenvalue weighted by atomic mass is 35.5. The molecule has 0 unspecified atom stereocenters. The molecule has 0 radical (unpaired) electrons. The zero-order chi connectivity index (χ0) is 9.84. The Morgan fingerprint density at radius 1 is 1.31 bits per heavy atom. The second kappa shape index (κ2) is 4.14. The van der Waals surface area contributed by atoms with Gasteiger partial charge in [0.1, 0.15) is 0 Å². The van der Waals surface area contributed by atoms with Gasteiger partial charge in [-0.1, -0.05) is 0 Å². The Labute approximate surface area is 81.7 Å². The summed E-state index contributed by atoms with van der Waals surface area (Å²) >= 11 is 5.44. The molecule has 13 heavy (non-hydrogen) atoms. The molecule has 0 aliphatic rings. The lowest BCUT2D eigenvalue weighted by Crippen LogP contribution is -2.02. The number of rotatable bonds is 3. The number of hydrogen-bond donors (Lipinski definition) is 2. The Hall–Kier alpha value is -1.22. The van der Waals surface area contributed by atoms with Crippen molar-refractivity contribution >= 4 is 28.8 Å². The predicted molar refractivity (Wildman–Crippen MR) is 54.9 cm³/mol. The summed E-state index contributed by atoms with van der Waals surface area (Å²) in [6.07, 6.45) is 0.324. The second-order valence-electron chi connectivity index (χ2n) is 2.71. The smallest absolute Gasteiger partial charge is 0.164 e. The van der Waals surface area contributed by atoms with Crippen molar-refractivity contribution in [2.75, 3.05) is 17.3 Å². The van der Waals surface area contributed by atoms with Crippen molar-refractivity contribution in [3.8, 4) is 0 Å². The van der Waals surface area contributed by atoms with Gasteiger partial charge in [-0.2, -0.15) is 0 Å². The van der Waals surface area contributed by atoms with Crippen LogP contribution in [-0.2, 0) is 0 Å². The molecule has 0 aliphatic heterocycles. The first kappa shape index (κ1) is 9.86. The summed E-state index contributed by atoms with van der Waals surface area (Å²) in [4.78, 5) is 11.3. The third-order valence-corrected chi connectivity index (χ3v) is 1.92. The van der Waals surface area contributed by atoms with Gasteiger partial charge in [-0.05, 0) is 18.2 Å². The lowest BCUT2D eigenvalue weighted by molar-refractivity contribution is 0.0989. The minimum atomic E-state index is -0.0123. The third-order valence-electron chi connectivity index (χ3n) is 1.73. The van der Waals surface area contributed by atoms with E-state index in [4.69, 9.17) is 23.1 Å². The van der Waals surface area contributed by atoms with Crippen LogP contribution in [0.4, 0.5) is 11.4 Å². The quantitative estimate of drug-likeness (QED) is 0.441. The molecule has 0 aromatic heterocycles. The molecule has 1 rings (SSSR count). The molecule has 3 nitrogen and oxygen atoms in total. The summed E-state index contributed by atoms with van der Waals surface area (Å²) in [5.41, 5.74) is 12.5. The maximum absolute atomic E-state index is 11.3. The van der Waals surface area contributed by atoms with Gasteiger partial charge in [0.2, 0.25) is 0 Å². The predicted octanol–water partition coefficient (Wildman–Crippen LogP) is 1.66. The van der Waals surface area contributed by atoms with E-state index < -0.39 is 0 Å². The van der Waals surface area contributed by atoms with E-state index in [0.29, 0.717) is 29.2 Å². The van der Waals surface area contributed by atoms with E-state index in [1.165, 1.54) is 0 Å². The van der Waals surface area contributed by atoms with Crippen molar-refractivity contribution in [3.63, 3.8) is 0 Å². The molecule has 0 saturated carbocycles. The monoisotopic (exact) mass is 198 g/mol. The molecule has 1 aromatic rings. The molecular formula is C9H11ClN2O. The van der Waals surface area contributed by atoms with Gasteiger partial charge in [0.15, 0.2) is 5.78 Å². The molecule has 0 heterocycles. The van der Waals surface area contributed by atoms with Crippen LogP contribution in [-0.4, -0.2) is 11.7 Å². The first-order valence-corrected chi connectivity index (χ1v) is 4.42. The lowest BCUT2D eigenvalue weighted by Gasteiger charge is -2.02. The highest BCUT2D eigenvalue weighted by Gasteiger charge is 2.05. The molecule has 0 spiro atoms. The van der Waals surface area contributed by atoms with Crippen LogP contribution < -0.4 is 11.5 Å². The number of hydrogen-bond acceptors (Lipinski definition) is 3. The SMILES string of the molecule is Nc1ccc(C(=O)CCCl)cc1N. The van der Waals surface area contributed by atoms with Crippen LogP contribution in [0.5, 0.6) is 0 Å². The Morgan fingerprint density at radius 3 is 2.54 bits per heavy atom. The maximum atomic E-state index is 11.3. The van der Waals surface area contributed by atoms with Gasteiger partial charge in [-0.25, -0.2) is 0 Å². The number of Topliss-reactive ketones (excluding diaryl/α,β-unsaturated/α-hetero) is 1. The van der Waals surface area contributed by atoms with Crippen molar-refractivity contribution in [2.24, 2.45) is 0 Å². The van der Waals surface area contributed by atoms with Crippen molar-refractivity contribution < 1.29 is 4.79 Å². The molecule has 1 aromatic carbocycles. The van der Waals surface area contributed by atoms with E-state index in [1.54, 1.807) is 18.2 Å². The number of alkyl halides is 1. The van der Waals surface area contributed by atoms with Gasteiger partial charge < -0.3 is 11.5 Å². The van der Waals surface area contributed by atoms with Gasteiger partial charge >= 0.3 is 0 Å². The summed E-state index contributed by atoms with van der Waals surface area (Å²) in [6.45, 7) is 0. The third kappa shape index (κ3) is 2.36. The average molecular weight is 199 g/mol. The molecular weight excluding hydrogens is 188 g/mol. The Kier molecular flexibility index (Phi) is 3.14. The molecule has 0 saturated heterocycles. The average Bonchev–Trinajstić information content (AvgIpc) is 2.10. The topological polar surface area (TPSA) is 69.1 Å². The van der Waals surface area contributed by atoms with Crippen LogP contribution in [0.1, 0.15) is 16.8 Å². The minimum Gasteiger partial charge on any atom is -0.397 e. The number of carbonyl (C=O) groups is 1. The number of nitrogen functional groups attached to an aromatic ring is 2. The van der Waals surface area contributed by atoms with Gasteiger partial charge in [0.05, 0.1) is 11.4 Å². The molecule has 70 valence electrons. The van der Waals surface area contributed by atoms with Crippen molar-refractivity contribution in [1.29, 1.82) is 0 Å². The van der Waals surface area contributed by atoms with E-state index >= 15 is 0 Å². The fraction of sp³-hybridized carbons (Fsp3) is 0.222. The number of halogens is 1. The standard InChI is InChI=1S/C9H11ClN2O/c10-4-3-9(13)6-1-2-7(11)8(12)5-6/h1-2,5H,3-4,11-12H2. The van der Waals surface area contributed by atoms with Crippen LogP contribution in [0.25, 0.3) is 0 Å². The fourth-order valence-corrected chi connectivity index (χ4v) is 1.15.